The Bertz CT molecular complexity index is 755. The van der Waals surface area contributed by atoms with Gasteiger partial charge in [-0.15, -0.1) is 0 Å². The first kappa shape index (κ1) is 15.9. The third kappa shape index (κ3) is 3.85. The van der Waals surface area contributed by atoms with E-state index in [0.717, 1.165) is 49.9 Å². The third-order valence-corrected chi connectivity index (χ3v) is 5.05. The second-order valence-corrected chi connectivity index (χ2v) is 7.28. The van der Waals surface area contributed by atoms with Gasteiger partial charge in [-0.05, 0) is 26.2 Å². The Morgan fingerprint density at radius 1 is 1.26 bits per heavy atom. The molecule has 2 aromatic heterocycles. The van der Waals surface area contributed by atoms with Crippen molar-refractivity contribution < 1.29 is 12.9 Å². The Morgan fingerprint density at radius 3 is 2.74 bits per heavy atom. The lowest BCUT2D eigenvalue weighted by atomic mass is 10.1. The van der Waals surface area contributed by atoms with Crippen LogP contribution in [0.1, 0.15) is 30.8 Å². The summed E-state index contributed by atoms with van der Waals surface area (Å²) in [5.74, 6) is 1.31. The van der Waals surface area contributed by atoms with Crippen LogP contribution in [0.5, 0.6) is 0 Å². The van der Waals surface area contributed by atoms with E-state index in [1.54, 1.807) is 0 Å². The first-order valence-electron chi connectivity index (χ1n) is 7.53. The van der Waals surface area contributed by atoms with Gasteiger partial charge >= 0.3 is 0 Å². The number of hydrogen-bond acceptors (Lipinski definition) is 7. The SMILES string of the molecule is Cc1cc(N2CCCCC2)nc(CNS(=O)(=O)c2cnoc2)n1. The van der Waals surface area contributed by atoms with Crippen LogP contribution in [0, 0.1) is 6.92 Å². The second-order valence-electron chi connectivity index (χ2n) is 5.52. The van der Waals surface area contributed by atoms with E-state index in [1.807, 2.05) is 13.0 Å². The quantitative estimate of drug-likeness (QED) is 0.876. The highest BCUT2D eigenvalue weighted by atomic mass is 32.2. The Labute approximate surface area is 135 Å². The number of piperidine rings is 1. The number of nitrogens with zero attached hydrogens (tertiary/aromatic N) is 4. The van der Waals surface area contributed by atoms with Crippen LogP contribution in [-0.2, 0) is 16.6 Å². The minimum atomic E-state index is -3.67. The molecule has 23 heavy (non-hydrogen) atoms. The Kier molecular flexibility index (Phi) is 4.58. The predicted octanol–water partition coefficient (Wildman–Crippen LogP) is 1.24. The normalized spacial score (nSPS) is 15.8. The van der Waals surface area contributed by atoms with Crippen molar-refractivity contribution >= 4 is 15.8 Å². The Balaban J connectivity index is 1.74. The summed E-state index contributed by atoms with van der Waals surface area (Å²) >= 11 is 0. The highest BCUT2D eigenvalue weighted by Gasteiger charge is 2.18. The van der Waals surface area contributed by atoms with Crippen LogP contribution in [-0.4, -0.2) is 36.6 Å². The summed E-state index contributed by atoms with van der Waals surface area (Å²) < 4.78 is 31.1. The van der Waals surface area contributed by atoms with Crippen molar-refractivity contribution in [1.82, 2.24) is 19.8 Å². The molecule has 2 aromatic rings. The molecule has 1 saturated heterocycles. The number of aromatic nitrogens is 3. The fraction of sp³-hybridized carbons (Fsp3) is 0.500. The summed E-state index contributed by atoms with van der Waals surface area (Å²) in [6.45, 7) is 3.85. The van der Waals surface area contributed by atoms with Crippen LogP contribution in [0.3, 0.4) is 0 Å². The maximum Gasteiger partial charge on any atom is 0.245 e. The zero-order valence-electron chi connectivity index (χ0n) is 12.9. The molecule has 1 fully saturated rings. The molecule has 3 heterocycles. The summed E-state index contributed by atoms with van der Waals surface area (Å²) in [5.41, 5.74) is 0.819. The van der Waals surface area contributed by atoms with Crippen LogP contribution < -0.4 is 9.62 Å². The topological polar surface area (TPSA) is 101 Å². The van der Waals surface area contributed by atoms with Gasteiger partial charge < -0.3 is 9.42 Å². The molecule has 0 aliphatic carbocycles. The lowest BCUT2D eigenvalue weighted by Gasteiger charge is -2.28. The van der Waals surface area contributed by atoms with E-state index in [1.165, 1.54) is 6.42 Å². The Morgan fingerprint density at radius 2 is 2.04 bits per heavy atom. The fourth-order valence-electron chi connectivity index (χ4n) is 2.55. The minimum absolute atomic E-state index is 0.0126. The maximum atomic E-state index is 12.1. The predicted molar refractivity (Wildman–Crippen MR) is 83.4 cm³/mol. The number of hydrogen-bond donors (Lipinski definition) is 1. The van der Waals surface area contributed by atoms with Gasteiger partial charge in [0.15, 0.2) is 0 Å². The van der Waals surface area contributed by atoms with Gasteiger partial charge in [-0.1, -0.05) is 5.16 Å². The van der Waals surface area contributed by atoms with Crippen LogP contribution in [0.4, 0.5) is 5.82 Å². The molecular weight excluding hydrogens is 318 g/mol. The molecule has 0 saturated carbocycles. The number of anilines is 1. The molecule has 0 atom stereocenters. The molecular formula is C14H19N5O3S. The number of sulfonamides is 1. The van der Waals surface area contributed by atoms with Crippen molar-refractivity contribution in [2.45, 2.75) is 37.6 Å². The molecule has 0 unspecified atom stereocenters. The average Bonchev–Trinajstić information content (AvgIpc) is 3.09. The van der Waals surface area contributed by atoms with Gasteiger partial charge in [0.05, 0.1) is 12.7 Å². The van der Waals surface area contributed by atoms with Gasteiger partial charge in [0.25, 0.3) is 0 Å². The lowest BCUT2D eigenvalue weighted by molar-refractivity contribution is 0.417. The van der Waals surface area contributed by atoms with E-state index in [-0.39, 0.29) is 11.4 Å². The second kappa shape index (κ2) is 6.63. The van der Waals surface area contributed by atoms with Gasteiger partial charge in [0, 0.05) is 24.8 Å². The van der Waals surface area contributed by atoms with Gasteiger partial charge in [-0.25, -0.2) is 23.1 Å². The van der Waals surface area contributed by atoms with E-state index < -0.39 is 10.0 Å². The lowest BCUT2D eigenvalue weighted by Crippen LogP contribution is -2.31. The van der Waals surface area contributed by atoms with Crippen molar-refractivity contribution in [3.8, 4) is 0 Å². The number of nitrogens with one attached hydrogen (secondary N) is 1. The molecule has 0 radical (unpaired) electrons. The van der Waals surface area contributed by atoms with Crippen LogP contribution >= 0.6 is 0 Å². The van der Waals surface area contributed by atoms with Crippen LogP contribution in [0.15, 0.2) is 27.9 Å². The summed E-state index contributed by atoms with van der Waals surface area (Å²) in [7, 11) is -3.67. The van der Waals surface area contributed by atoms with Crippen LogP contribution in [0.2, 0.25) is 0 Å². The Hall–Kier alpha value is -2.00. The van der Waals surface area contributed by atoms with E-state index in [4.69, 9.17) is 0 Å². The number of rotatable bonds is 5. The molecule has 0 aromatic carbocycles. The summed E-state index contributed by atoms with van der Waals surface area (Å²) in [5, 5.41) is 3.40. The standard InChI is InChI=1S/C14H19N5O3S/c1-11-7-14(19-5-3-2-4-6-19)18-13(17-11)9-16-23(20,21)12-8-15-22-10-12/h7-8,10,16H,2-6,9H2,1H3. The number of aryl methyl sites for hydroxylation is 1. The van der Waals surface area contributed by atoms with Gasteiger partial charge in [0.2, 0.25) is 10.0 Å². The van der Waals surface area contributed by atoms with Gasteiger partial charge in [-0.3, -0.25) is 0 Å². The molecule has 1 N–H and O–H groups in total. The van der Waals surface area contributed by atoms with Crippen LogP contribution in [0.25, 0.3) is 0 Å². The van der Waals surface area contributed by atoms with Crippen molar-refractivity contribution in [3.05, 3.63) is 30.0 Å². The molecule has 1 aliphatic heterocycles. The first-order chi connectivity index (χ1) is 11.0. The smallest absolute Gasteiger partial charge is 0.245 e. The highest BCUT2D eigenvalue weighted by Crippen LogP contribution is 2.18. The van der Waals surface area contributed by atoms with E-state index >= 15 is 0 Å². The molecule has 1 aliphatic rings. The van der Waals surface area contributed by atoms with E-state index in [2.05, 4.69) is 29.3 Å². The van der Waals surface area contributed by atoms with Crippen molar-refractivity contribution in [2.75, 3.05) is 18.0 Å². The van der Waals surface area contributed by atoms with Gasteiger partial charge in [0.1, 0.15) is 22.8 Å². The average molecular weight is 337 g/mol. The molecule has 0 amide bonds. The zero-order valence-corrected chi connectivity index (χ0v) is 13.7. The first-order valence-corrected chi connectivity index (χ1v) is 9.01. The third-order valence-electron chi connectivity index (χ3n) is 3.71. The fourth-order valence-corrected chi connectivity index (χ4v) is 3.38. The molecule has 3 rings (SSSR count). The maximum absolute atomic E-state index is 12.1. The molecule has 124 valence electrons. The van der Waals surface area contributed by atoms with Gasteiger partial charge in [-0.2, -0.15) is 0 Å². The van der Waals surface area contributed by atoms with Crippen molar-refractivity contribution in [1.29, 1.82) is 0 Å². The monoisotopic (exact) mass is 337 g/mol. The molecule has 0 spiro atoms. The van der Waals surface area contributed by atoms with Crippen molar-refractivity contribution in [3.63, 3.8) is 0 Å². The molecule has 0 bridgehead atoms. The largest absolute Gasteiger partial charge is 0.363 e. The highest BCUT2D eigenvalue weighted by molar-refractivity contribution is 7.89. The van der Waals surface area contributed by atoms with Crippen molar-refractivity contribution in [2.24, 2.45) is 0 Å². The molecule has 8 nitrogen and oxygen atoms in total. The van der Waals surface area contributed by atoms with E-state index in [9.17, 15) is 8.42 Å². The van der Waals surface area contributed by atoms with E-state index in [0.29, 0.717) is 5.82 Å². The summed E-state index contributed by atoms with van der Waals surface area (Å²) in [6.07, 6.45) is 5.78. The summed E-state index contributed by atoms with van der Waals surface area (Å²) in [4.78, 5) is 11.0. The zero-order chi connectivity index (χ0) is 16.3. The summed E-state index contributed by atoms with van der Waals surface area (Å²) in [6, 6.07) is 1.93. The minimum Gasteiger partial charge on any atom is -0.363 e. The molecule has 9 heteroatoms.